The predicted octanol–water partition coefficient (Wildman–Crippen LogP) is 2.75. The molecule has 0 saturated carbocycles. The number of ether oxygens (including phenoxy) is 1. The molecule has 2 aliphatic heterocycles. The smallest absolute Gasteiger partial charge is 0.240 e. The second-order valence-electron chi connectivity index (χ2n) is 6.91. The van der Waals surface area contributed by atoms with Gasteiger partial charge in [0.05, 0.1) is 9.92 Å². The molecule has 1 saturated heterocycles. The topological polar surface area (TPSA) is 67.4 Å². The van der Waals surface area contributed by atoms with Crippen LogP contribution in [-0.4, -0.2) is 34.2 Å². The summed E-state index contributed by atoms with van der Waals surface area (Å²) in [6.45, 7) is 6.37. The van der Waals surface area contributed by atoms with E-state index in [1.165, 1.54) is 6.07 Å². The SMILES string of the molecule is CC1Cc2cc(S(=O)(=O)NCC3(C)CCNCC3)cc(Cl)c2O1.Cl. The van der Waals surface area contributed by atoms with Crippen LogP contribution in [0.25, 0.3) is 0 Å². The second kappa shape index (κ2) is 7.38. The van der Waals surface area contributed by atoms with Crippen LogP contribution in [0.4, 0.5) is 0 Å². The quantitative estimate of drug-likeness (QED) is 0.823. The van der Waals surface area contributed by atoms with Gasteiger partial charge in [0.15, 0.2) is 0 Å². The van der Waals surface area contributed by atoms with E-state index in [1.54, 1.807) is 6.07 Å². The van der Waals surface area contributed by atoms with E-state index in [2.05, 4.69) is 17.0 Å². The summed E-state index contributed by atoms with van der Waals surface area (Å²) in [5.41, 5.74) is 0.856. The van der Waals surface area contributed by atoms with Crippen molar-refractivity contribution in [1.29, 1.82) is 0 Å². The highest BCUT2D eigenvalue weighted by molar-refractivity contribution is 7.89. The normalized spacial score (nSPS) is 22.4. The van der Waals surface area contributed by atoms with Gasteiger partial charge in [-0.2, -0.15) is 0 Å². The monoisotopic (exact) mass is 394 g/mol. The van der Waals surface area contributed by atoms with Crippen LogP contribution in [0.5, 0.6) is 5.75 Å². The van der Waals surface area contributed by atoms with Crippen molar-refractivity contribution in [3.63, 3.8) is 0 Å². The molecule has 0 aliphatic carbocycles. The van der Waals surface area contributed by atoms with Crippen molar-refractivity contribution in [2.24, 2.45) is 5.41 Å². The summed E-state index contributed by atoms with van der Waals surface area (Å²) in [5, 5.41) is 3.66. The van der Waals surface area contributed by atoms with Crippen LogP contribution in [0.1, 0.15) is 32.3 Å². The molecule has 5 nitrogen and oxygen atoms in total. The maximum absolute atomic E-state index is 12.6. The maximum Gasteiger partial charge on any atom is 0.240 e. The Labute approximate surface area is 154 Å². The molecular weight excluding hydrogens is 371 g/mol. The molecule has 0 spiro atoms. The molecule has 2 N–H and O–H groups in total. The minimum absolute atomic E-state index is 0. The first kappa shape index (κ1) is 19.8. The van der Waals surface area contributed by atoms with Gasteiger partial charge in [-0.3, -0.25) is 0 Å². The van der Waals surface area contributed by atoms with Crippen molar-refractivity contribution >= 4 is 34.0 Å². The lowest BCUT2D eigenvalue weighted by atomic mass is 9.81. The number of halogens is 2. The zero-order valence-electron chi connectivity index (χ0n) is 13.9. The molecule has 0 radical (unpaired) electrons. The lowest BCUT2D eigenvalue weighted by molar-refractivity contribution is 0.232. The maximum atomic E-state index is 12.6. The van der Waals surface area contributed by atoms with Gasteiger partial charge in [-0.15, -0.1) is 12.4 Å². The average Bonchev–Trinajstić information content (AvgIpc) is 2.87. The Morgan fingerprint density at radius 2 is 2.04 bits per heavy atom. The highest BCUT2D eigenvalue weighted by Crippen LogP contribution is 2.38. The summed E-state index contributed by atoms with van der Waals surface area (Å²) >= 11 is 6.20. The fourth-order valence-electron chi connectivity index (χ4n) is 3.17. The Balaban J connectivity index is 0.00000208. The number of fused-ring (bicyclic) bond motifs is 1. The summed E-state index contributed by atoms with van der Waals surface area (Å²) in [4.78, 5) is 0.219. The Hall–Kier alpha value is -0.530. The van der Waals surface area contributed by atoms with E-state index < -0.39 is 10.0 Å². The molecule has 2 aliphatic rings. The van der Waals surface area contributed by atoms with E-state index in [0.29, 0.717) is 23.7 Å². The van der Waals surface area contributed by atoms with Gasteiger partial charge in [0.2, 0.25) is 10.0 Å². The van der Waals surface area contributed by atoms with Crippen LogP contribution in [-0.2, 0) is 16.4 Å². The van der Waals surface area contributed by atoms with Gasteiger partial charge in [0, 0.05) is 18.5 Å². The molecule has 24 heavy (non-hydrogen) atoms. The highest BCUT2D eigenvalue weighted by atomic mass is 35.5. The number of piperidine rings is 1. The molecule has 136 valence electrons. The van der Waals surface area contributed by atoms with Crippen LogP contribution in [0.2, 0.25) is 5.02 Å². The highest BCUT2D eigenvalue weighted by Gasteiger charge is 2.30. The molecule has 1 aromatic rings. The number of hydrogen-bond acceptors (Lipinski definition) is 4. The Morgan fingerprint density at radius 1 is 1.38 bits per heavy atom. The molecule has 0 bridgehead atoms. The molecule has 1 aromatic carbocycles. The van der Waals surface area contributed by atoms with Crippen molar-refractivity contribution in [2.45, 2.75) is 44.1 Å². The number of hydrogen-bond donors (Lipinski definition) is 2. The zero-order chi connectivity index (χ0) is 16.7. The fourth-order valence-corrected chi connectivity index (χ4v) is 4.80. The van der Waals surface area contributed by atoms with Crippen LogP contribution in [0, 0.1) is 5.41 Å². The number of benzene rings is 1. The lowest BCUT2D eigenvalue weighted by Crippen LogP contribution is -2.42. The fraction of sp³-hybridized carbons (Fsp3) is 0.625. The minimum atomic E-state index is -3.57. The van der Waals surface area contributed by atoms with Crippen molar-refractivity contribution in [3.05, 3.63) is 22.7 Å². The standard InChI is InChI=1S/C16H23ClN2O3S.ClH/c1-11-7-12-8-13(9-14(17)15(12)22-11)23(20,21)19-10-16(2)3-5-18-6-4-16;/h8-9,11,18-19H,3-7,10H2,1-2H3;1H. The second-order valence-corrected chi connectivity index (χ2v) is 9.09. The molecule has 2 heterocycles. The van der Waals surface area contributed by atoms with Crippen LogP contribution >= 0.6 is 24.0 Å². The summed E-state index contributed by atoms with van der Waals surface area (Å²) in [6.07, 6.45) is 2.64. The summed E-state index contributed by atoms with van der Waals surface area (Å²) in [5.74, 6) is 0.614. The first-order valence-corrected chi connectivity index (χ1v) is 9.85. The molecular formula is C16H24Cl2N2O3S. The Kier molecular flexibility index (Phi) is 6.08. The number of sulfonamides is 1. The molecule has 3 rings (SSSR count). The van der Waals surface area contributed by atoms with E-state index >= 15 is 0 Å². The molecule has 1 atom stereocenters. The van der Waals surface area contributed by atoms with Gasteiger partial charge >= 0.3 is 0 Å². The van der Waals surface area contributed by atoms with Crippen LogP contribution in [0.3, 0.4) is 0 Å². The van der Waals surface area contributed by atoms with Gasteiger partial charge in [-0.1, -0.05) is 18.5 Å². The third-order valence-corrected chi connectivity index (χ3v) is 6.39. The third kappa shape index (κ3) is 4.17. The van der Waals surface area contributed by atoms with Crippen LogP contribution < -0.4 is 14.8 Å². The number of rotatable bonds is 4. The molecule has 0 amide bonds. The van der Waals surface area contributed by atoms with Gasteiger partial charge in [-0.25, -0.2) is 13.1 Å². The van der Waals surface area contributed by atoms with E-state index in [4.69, 9.17) is 16.3 Å². The summed E-state index contributed by atoms with van der Waals surface area (Å²) in [7, 11) is -3.57. The average molecular weight is 395 g/mol. The van der Waals surface area contributed by atoms with E-state index in [0.717, 1.165) is 31.5 Å². The molecule has 8 heteroatoms. The van der Waals surface area contributed by atoms with E-state index in [9.17, 15) is 8.42 Å². The first-order chi connectivity index (χ1) is 10.8. The predicted molar refractivity (Wildman–Crippen MR) is 97.9 cm³/mol. The number of nitrogens with one attached hydrogen (secondary N) is 2. The van der Waals surface area contributed by atoms with Crippen LogP contribution in [0.15, 0.2) is 17.0 Å². The van der Waals surface area contributed by atoms with Gasteiger partial charge < -0.3 is 10.1 Å². The minimum Gasteiger partial charge on any atom is -0.489 e. The van der Waals surface area contributed by atoms with Crippen molar-refractivity contribution in [3.8, 4) is 5.75 Å². The van der Waals surface area contributed by atoms with Crippen molar-refractivity contribution < 1.29 is 13.2 Å². The Morgan fingerprint density at radius 3 is 2.71 bits per heavy atom. The first-order valence-electron chi connectivity index (χ1n) is 7.99. The molecule has 0 aromatic heterocycles. The van der Waals surface area contributed by atoms with Gasteiger partial charge in [-0.05, 0) is 50.4 Å². The summed E-state index contributed by atoms with van der Waals surface area (Å²) < 4.78 is 33.6. The van der Waals surface area contributed by atoms with Gasteiger partial charge in [0.25, 0.3) is 0 Å². The van der Waals surface area contributed by atoms with E-state index in [1.807, 2.05) is 6.92 Å². The van der Waals surface area contributed by atoms with Gasteiger partial charge in [0.1, 0.15) is 11.9 Å². The molecule has 1 fully saturated rings. The zero-order valence-corrected chi connectivity index (χ0v) is 16.3. The van der Waals surface area contributed by atoms with Crippen molar-refractivity contribution in [1.82, 2.24) is 10.0 Å². The Bertz CT molecular complexity index is 704. The largest absolute Gasteiger partial charge is 0.489 e. The lowest BCUT2D eigenvalue weighted by Gasteiger charge is -2.34. The molecule has 1 unspecified atom stereocenters. The summed E-state index contributed by atoms with van der Waals surface area (Å²) in [6, 6.07) is 3.16. The van der Waals surface area contributed by atoms with Crippen molar-refractivity contribution in [2.75, 3.05) is 19.6 Å². The van der Waals surface area contributed by atoms with E-state index in [-0.39, 0.29) is 28.8 Å². The third-order valence-electron chi connectivity index (χ3n) is 4.73.